The van der Waals surface area contributed by atoms with Crippen LogP contribution in [-0.4, -0.2) is 29.2 Å². The Bertz CT molecular complexity index is 273. The first-order valence-electron chi connectivity index (χ1n) is 5.42. The zero-order chi connectivity index (χ0) is 11.1. The summed E-state index contributed by atoms with van der Waals surface area (Å²) in [5.41, 5.74) is 3.11. The molecule has 1 aromatic rings. The molecule has 0 fully saturated rings. The smallest absolute Gasteiger partial charge is 0.0798 e. The van der Waals surface area contributed by atoms with Gasteiger partial charge in [-0.2, -0.15) is 12.6 Å². The monoisotopic (exact) mass is 244 g/mol. The maximum atomic E-state index is 4.26. The molecule has 0 radical (unpaired) electrons. The van der Waals surface area contributed by atoms with Crippen LogP contribution in [0.15, 0.2) is 5.51 Å². The number of aromatic nitrogens is 1. The summed E-state index contributed by atoms with van der Waals surface area (Å²) in [7, 11) is 2.18. The molecule has 4 heteroatoms. The standard InChI is InChI=1S/C11H20N2S2/c1-10-11(15-9-12-10)8-13(2)6-4-3-5-7-14/h9,14H,3-8H2,1-2H3. The topological polar surface area (TPSA) is 16.1 Å². The molecule has 86 valence electrons. The van der Waals surface area contributed by atoms with Gasteiger partial charge in [-0.1, -0.05) is 6.42 Å². The van der Waals surface area contributed by atoms with Gasteiger partial charge in [0.25, 0.3) is 0 Å². The summed E-state index contributed by atoms with van der Waals surface area (Å²) in [4.78, 5) is 8.03. The molecule has 0 aliphatic rings. The van der Waals surface area contributed by atoms with Gasteiger partial charge >= 0.3 is 0 Å². The largest absolute Gasteiger partial charge is 0.301 e. The zero-order valence-corrected chi connectivity index (χ0v) is 11.3. The molecule has 0 unspecified atom stereocenters. The molecule has 0 aromatic carbocycles. The number of hydrogen-bond donors (Lipinski definition) is 1. The second-order valence-corrected chi connectivity index (χ2v) is 5.27. The average Bonchev–Trinajstić information content (AvgIpc) is 2.59. The Labute approximate surface area is 102 Å². The van der Waals surface area contributed by atoms with E-state index in [0.717, 1.165) is 12.3 Å². The molecule has 0 amide bonds. The fourth-order valence-corrected chi connectivity index (χ4v) is 2.55. The highest BCUT2D eigenvalue weighted by molar-refractivity contribution is 7.80. The first-order chi connectivity index (χ1) is 7.24. The fraction of sp³-hybridized carbons (Fsp3) is 0.727. The maximum Gasteiger partial charge on any atom is 0.0798 e. The number of nitrogens with zero attached hydrogens (tertiary/aromatic N) is 2. The fourth-order valence-electron chi connectivity index (χ4n) is 1.47. The second kappa shape index (κ2) is 7.25. The van der Waals surface area contributed by atoms with Crippen LogP contribution in [0.2, 0.25) is 0 Å². The molecule has 0 aliphatic heterocycles. The molecule has 0 N–H and O–H groups in total. The van der Waals surface area contributed by atoms with Crippen molar-refractivity contribution in [1.29, 1.82) is 0 Å². The van der Waals surface area contributed by atoms with E-state index < -0.39 is 0 Å². The molecule has 1 aromatic heterocycles. The van der Waals surface area contributed by atoms with Crippen LogP contribution in [0.1, 0.15) is 29.8 Å². The summed E-state index contributed by atoms with van der Waals surface area (Å²) in [6.45, 7) is 4.29. The van der Waals surface area contributed by atoms with Gasteiger partial charge in [0.05, 0.1) is 11.2 Å². The minimum atomic E-state index is 1.01. The second-order valence-electron chi connectivity index (χ2n) is 3.88. The molecular formula is C11H20N2S2. The number of rotatable bonds is 7. The van der Waals surface area contributed by atoms with Gasteiger partial charge < -0.3 is 4.90 Å². The Kier molecular flexibility index (Phi) is 6.29. The van der Waals surface area contributed by atoms with Gasteiger partial charge in [0.2, 0.25) is 0 Å². The quantitative estimate of drug-likeness (QED) is 0.586. The van der Waals surface area contributed by atoms with Crippen LogP contribution in [-0.2, 0) is 6.54 Å². The minimum Gasteiger partial charge on any atom is -0.301 e. The van der Waals surface area contributed by atoms with Crippen molar-refractivity contribution in [1.82, 2.24) is 9.88 Å². The lowest BCUT2D eigenvalue weighted by Crippen LogP contribution is -2.18. The number of thiol groups is 1. The molecule has 2 nitrogen and oxygen atoms in total. The lowest BCUT2D eigenvalue weighted by atomic mass is 10.2. The van der Waals surface area contributed by atoms with Crippen molar-refractivity contribution in [2.24, 2.45) is 0 Å². The van der Waals surface area contributed by atoms with E-state index in [1.165, 1.54) is 36.4 Å². The van der Waals surface area contributed by atoms with Crippen LogP contribution in [0.3, 0.4) is 0 Å². The van der Waals surface area contributed by atoms with Crippen molar-refractivity contribution in [2.45, 2.75) is 32.7 Å². The van der Waals surface area contributed by atoms with E-state index in [1.807, 2.05) is 5.51 Å². The van der Waals surface area contributed by atoms with Gasteiger partial charge in [-0.25, -0.2) is 4.98 Å². The van der Waals surface area contributed by atoms with E-state index in [4.69, 9.17) is 0 Å². The van der Waals surface area contributed by atoms with Crippen molar-refractivity contribution in [2.75, 3.05) is 19.3 Å². The van der Waals surface area contributed by atoms with Crippen LogP contribution in [0.5, 0.6) is 0 Å². The van der Waals surface area contributed by atoms with Crippen LogP contribution in [0.25, 0.3) is 0 Å². The third-order valence-corrected chi connectivity index (χ3v) is 3.69. The van der Waals surface area contributed by atoms with Gasteiger partial charge in [-0.3, -0.25) is 0 Å². The summed E-state index contributed by atoms with van der Waals surface area (Å²) in [5, 5.41) is 0. The highest BCUT2D eigenvalue weighted by Gasteiger charge is 2.04. The van der Waals surface area contributed by atoms with Gasteiger partial charge in [0.15, 0.2) is 0 Å². The van der Waals surface area contributed by atoms with E-state index in [0.29, 0.717) is 0 Å². The van der Waals surface area contributed by atoms with Crippen molar-refractivity contribution in [3.8, 4) is 0 Å². The van der Waals surface area contributed by atoms with Gasteiger partial charge in [-0.15, -0.1) is 11.3 Å². The van der Waals surface area contributed by atoms with Crippen molar-refractivity contribution >= 4 is 24.0 Å². The van der Waals surface area contributed by atoms with Gasteiger partial charge in [0, 0.05) is 11.4 Å². The summed E-state index contributed by atoms with van der Waals surface area (Å²) >= 11 is 5.97. The molecule has 1 rings (SSSR count). The molecule has 0 atom stereocenters. The van der Waals surface area contributed by atoms with Crippen molar-refractivity contribution < 1.29 is 0 Å². The Hall–Kier alpha value is -0.0600. The highest BCUT2D eigenvalue weighted by atomic mass is 32.1. The zero-order valence-electron chi connectivity index (χ0n) is 9.57. The number of unbranched alkanes of at least 4 members (excludes halogenated alkanes) is 2. The van der Waals surface area contributed by atoms with E-state index in [1.54, 1.807) is 11.3 Å². The molecule has 1 heterocycles. The Morgan fingerprint density at radius 2 is 2.20 bits per heavy atom. The number of aryl methyl sites for hydroxylation is 1. The maximum absolute atomic E-state index is 4.26. The van der Waals surface area contributed by atoms with Gasteiger partial charge in [-0.05, 0) is 39.1 Å². The molecule has 0 saturated carbocycles. The van der Waals surface area contributed by atoms with Crippen LogP contribution >= 0.6 is 24.0 Å². The summed E-state index contributed by atoms with van der Waals surface area (Å²) in [6, 6.07) is 0. The summed E-state index contributed by atoms with van der Waals surface area (Å²) < 4.78 is 0. The van der Waals surface area contributed by atoms with Crippen LogP contribution in [0.4, 0.5) is 0 Å². The molecular weight excluding hydrogens is 224 g/mol. The predicted octanol–water partition coefficient (Wildman–Crippen LogP) is 2.98. The third-order valence-electron chi connectivity index (χ3n) is 2.46. The van der Waals surface area contributed by atoms with Crippen LogP contribution in [0, 0.1) is 6.92 Å². The summed E-state index contributed by atoms with van der Waals surface area (Å²) in [5.74, 6) is 1.01. The molecule has 0 aliphatic carbocycles. The lowest BCUT2D eigenvalue weighted by molar-refractivity contribution is 0.320. The third kappa shape index (κ3) is 5.00. The van der Waals surface area contributed by atoms with E-state index in [-0.39, 0.29) is 0 Å². The Balaban J connectivity index is 2.18. The highest BCUT2D eigenvalue weighted by Crippen LogP contribution is 2.14. The SMILES string of the molecule is Cc1ncsc1CN(C)CCCCCS. The first kappa shape index (κ1) is 13.0. The summed E-state index contributed by atoms with van der Waals surface area (Å²) in [6.07, 6.45) is 3.79. The molecule has 0 spiro atoms. The molecule has 0 saturated heterocycles. The normalized spacial score (nSPS) is 11.2. The average molecular weight is 244 g/mol. The van der Waals surface area contributed by atoms with E-state index in [2.05, 4.69) is 36.5 Å². The van der Waals surface area contributed by atoms with E-state index in [9.17, 15) is 0 Å². The van der Waals surface area contributed by atoms with Crippen LogP contribution < -0.4 is 0 Å². The molecule has 15 heavy (non-hydrogen) atoms. The Morgan fingerprint density at radius 3 is 2.80 bits per heavy atom. The van der Waals surface area contributed by atoms with Crippen molar-refractivity contribution in [3.05, 3.63) is 16.1 Å². The van der Waals surface area contributed by atoms with E-state index >= 15 is 0 Å². The predicted molar refractivity (Wildman–Crippen MR) is 70.9 cm³/mol. The van der Waals surface area contributed by atoms with Gasteiger partial charge in [0.1, 0.15) is 0 Å². The number of hydrogen-bond acceptors (Lipinski definition) is 4. The lowest BCUT2D eigenvalue weighted by Gasteiger charge is -2.15. The minimum absolute atomic E-state index is 1.01. The first-order valence-corrected chi connectivity index (χ1v) is 6.93. The number of thiazole rings is 1. The molecule has 0 bridgehead atoms. The Morgan fingerprint density at radius 1 is 1.40 bits per heavy atom. The van der Waals surface area contributed by atoms with Crippen molar-refractivity contribution in [3.63, 3.8) is 0 Å².